The van der Waals surface area contributed by atoms with E-state index in [0.29, 0.717) is 22.0 Å². The number of halogens is 2. The molecule has 2 N–H and O–H groups in total. The highest BCUT2D eigenvalue weighted by Gasteiger charge is 2.21. The summed E-state index contributed by atoms with van der Waals surface area (Å²) in [6.45, 7) is 1.76. The molecule has 24 heavy (non-hydrogen) atoms. The largest absolute Gasteiger partial charge is 0.496 e. The van der Waals surface area contributed by atoms with E-state index in [0.717, 1.165) is 25.9 Å². The second kappa shape index (κ2) is 8.27. The van der Waals surface area contributed by atoms with Crippen LogP contribution in [0.2, 0.25) is 5.02 Å². The Balaban J connectivity index is 0.00000208. The molecule has 0 aliphatic carbocycles. The molecule has 1 amide bonds. The Hall–Kier alpha value is -1.90. The Morgan fingerprint density at radius 1 is 1.50 bits per heavy atom. The number of tetrazole rings is 1. The molecule has 1 aromatic carbocycles. The summed E-state index contributed by atoms with van der Waals surface area (Å²) in [5, 5.41) is 17.6. The molecule has 3 rings (SSSR count). The van der Waals surface area contributed by atoms with Crippen molar-refractivity contribution in [3.63, 3.8) is 0 Å². The standard InChI is InChI=1S/C14H17ClN6O2.ClH/c1-23-13-6-12(21-8-17-19-20-21)11(15)5-10(13)14(22)18-9-3-2-4-16-7-9;/h5-6,8-9,16H,2-4,7H2,1H3,(H,18,22);1H/t9-;/m0./s1. The fourth-order valence-corrected chi connectivity index (χ4v) is 2.82. The van der Waals surface area contributed by atoms with E-state index >= 15 is 0 Å². The van der Waals surface area contributed by atoms with Gasteiger partial charge in [-0.3, -0.25) is 4.79 Å². The third-order valence-corrected chi connectivity index (χ3v) is 4.04. The summed E-state index contributed by atoms with van der Waals surface area (Å²) in [5.41, 5.74) is 0.935. The van der Waals surface area contributed by atoms with Crippen LogP contribution in [-0.2, 0) is 0 Å². The minimum absolute atomic E-state index is 0. The number of nitrogens with one attached hydrogen (secondary N) is 2. The topological polar surface area (TPSA) is 94.0 Å². The molecule has 1 aromatic heterocycles. The molecule has 0 unspecified atom stereocenters. The summed E-state index contributed by atoms with van der Waals surface area (Å²) in [6, 6.07) is 3.33. The third-order valence-electron chi connectivity index (χ3n) is 3.74. The molecule has 0 radical (unpaired) electrons. The van der Waals surface area contributed by atoms with E-state index in [1.165, 1.54) is 18.1 Å². The molecular weight excluding hydrogens is 355 g/mol. The van der Waals surface area contributed by atoms with Crippen LogP contribution in [0.3, 0.4) is 0 Å². The van der Waals surface area contributed by atoms with Crippen molar-refractivity contribution in [2.75, 3.05) is 20.2 Å². The third kappa shape index (κ3) is 3.95. The second-order valence-corrected chi connectivity index (χ2v) is 5.68. The van der Waals surface area contributed by atoms with Gasteiger partial charge in [-0.1, -0.05) is 11.6 Å². The number of benzene rings is 1. The van der Waals surface area contributed by atoms with E-state index < -0.39 is 0 Å². The fraction of sp³-hybridized carbons (Fsp3) is 0.429. The number of carbonyl (C=O) groups is 1. The van der Waals surface area contributed by atoms with Gasteiger partial charge in [-0.15, -0.1) is 17.5 Å². The maximum atomic E-state index is 12.5. The zero-order chi connectivity index (χ0) is 16.2. The summed E-state index contributed by atoms with van der Waals surface area (Å²) in [5.74, 6) is 0.210. The maximum Gasteiger partial charge on any atom is 0.255 e. The molecule has 1 atom stereocenters. The van der Waals surface area contributed by atoms with Crippen molar-refractivity contribution in [2.45, 2.75) is 18.9 Å². The molecule has 1 aliphatic rings. The van der Waals surface area contributed by atoms with E-state index in [1.54, 1.807) is 12.1 Å². The Morgan fingerprint density at radius 3 is 2.96 bits per heavy atom. The lowest BCUT2D eigenvalue weighted by Gasteiger charge is -2.24. The van der Waals surface area contributed by atoms with Crippen LogP contribution < -0.4 is 15.4 Å². The number of piperidine rings is 1. The smallest absolute Gasteiger partial charge is 0.255 e. The predicted molar refractivity (Wildman–Crippen MR) is 91.3 cm³/mol. The van der Waals surface area contributed by atoms with Crippen LogP contribution >= 0.6 is 24.0 Å². The normalized spacial score (nSPS) is 17.0. The number of hydrogen-bond donors (Lipinski definition) is 2. The van der Waals surface area contributed by atoms with Crippen molar-refractivity contribution >= 4 is 29.9 Å². The van der Waals surface area contributed by atoms with Crippen molar-refractivity contribution in [3.8, 4) is 11.4 Å². The lowest BCUT2D eigenvalue weighted by atomic mass is 10.1. The molecule has 0 bridgehead atoms. The molecule has 130 valence electrons. The van der Waals surface area contributed by atoms with Gasteiger partial charge in [-0.25, -0.2) is 0 Å². The Bertz CT molecular complexity index is 689. The van der Waals surface area contributed by atoms with Gasteiger partial charge >= 0.3 is 0 Å². The second-order valence-electron chi connectivity index (χ2n) is 5.28. The van der Waals surface area contributed by atoms with E-state index in [9.17, 15) is 4.79 Å². The van der Waals surface area contributed by atoms with Crippen molar-refractivity contribution in [1.29, 1.82) is 0 Å². The number of aromatic nitrogens is 4. The van der Waals surface area contributed by atoms with Crippen LogP contribution in [0.15, 0.2) is 18.5 Å². The van der Waals surface area contributed by atoms with Crippen molar-refractivity contribution < 1.29 is 9.53 Å². The first-order valence-electron chi connectivity index (χ1n) is 7.31. The van der Waals surface area contributed by atoms with E-state index in [1.807, 2.05) is 0 Å². The minimum Gasteiger partial charge on any atom is -0.496 e. The first-order chi connectivity index (χ1) is 11.2. The van der Waals surface area contributed by atoms with Gasteiger partial charge in [0, 0.05) is 18.7 Å². The fourth-order valence-electron chi connectivity index (χ4n) is 2.57. The molecule has 0 saturated carbocycles. The number of carbonyl (C=O) groups excluding carboxylic acids is 1. The number of rotatable bonds is 4. The van der Waals surface area contributed by atoms with E-state index in [2.05, 4.69) is 26.2 Å². The van der Waals surface area contributed by atoms with Crippen LogP contribution in [0.4, 0.5) is 0 Å². The molecule has 2 heterocycles. The molecule has 8 nitrogen and oxygen atoms in total. The monoisotopic (exact) mass is 372 g/mol. The van der Waals surface area contributed by atoms with Gasteiger partial charge in [0.25, 0.3) is 5.91 Å². The summed E-state index contributed by atoms with van der Waals surface area (Å²) in [7, 11) is 1.51. The van der Waals surface area contributed by atoms with Gasteiger partial charge in [0.15, 0.2) is 0 Å². The lowest BCUT2D eigenvalue weighted by molar-refractivity contribution is 0.0927. The molecule has 1 saturated heterocycles. The Morgan fingerprint density at radius 2 is 2.33 bits per heavy atom. The highest BCUT2D eigenvalue weighted by molar-refractivity contribution is 6.33. The number of nitrogens with zero attached hydrogens (tertiary/aromatic N) is 4. The first-order valence-corrected chi connectivity index (χ1v) is 7.69. The zero-order valence-corrected chi connectivity index (χ0v) is 14.6. The minimum atomic E-state index is -0.208. The average molecular weight is 373 g/mol. The van der Waals surface area contributed by atoms with Crippen LogP contribution in [0.5, 0.6) is 5.75 Å². The lowest BCUT2D eigenvalue weighted by Crippen LogP contribution is -2.45. The van der Waals surface area contributed by atoms with Crippen molar-refractivity contribution in [2.24, 2.45) is 0 Å². The quantitative estimate of drug-likeness (QED) is 0.837. The average Bonchev–Trinajstić information content (AvgIpc) is 3.09. The predicted octanol–water partition coefficient (Wildman–Crippen LogP) is 1.23. The van der Waals surface area contributed by atoms with Crippen LogP contribution in [0.1, 0.15) is 23.2 Å². The number of methoxy groups -OCH3 is 1. The zero-order valence-electron chi connectivity index (χ0n) is 13.0. The molecular formula is C14H18Cl2N6O2. The summed E-state index contributed by atoms with van der Waals surface area (Å²) in [4.78, 5) is 12.5. The highest BCUT2D eigenvalue weighted by Crippen LogP contribution is 2.29. The van der Waals surface area contributed by atoms with Crippen molar-refractivity contribution in [1.82, 2.24) is 30.8 Å². The van der Waals surface area contributed by atoms with E-state index in [4.69, 9.17) is 16.3 Å². The van der Waals surface area contributed by atoms with Gasteiger partial charge in [0.05, 0.1) is 23.4 Å². The van der Waals surface area contributed by atoms with Gasteiger partial charge in [-0.2, -0.15) is 4.68 Å². The first kappa shape index (κ1) is 18.4. The Kier molecular flexibility index (Phi) is 6.36. The van der Waals surface area contributed by atoms with Gasteiger partial charge < -0.3 is 15.4 Å². The molecule has 0 spiro atoms. The summed E-state index contributed by atoms with van der Waals surface area (Å²) in [6.07, 6.45) is 3.42. The van der Waals surface area contributed by atoms with Gasteiger partial charge in [0.2, 0.25) is 0 Å². The van der Waals surface area contributed by atoms with Crippen molar-refractivity contribution in [3.05, 3.63) is 29.0 Å². The van der Waals surface area contributed by atoms with Gasteiger partial charge in [0.1, 0.15) is 12.1 Å². The molecule has 1 aliphatic heterocycles. The van der Waals surface area contributed by atoms with Crippen LogP contribution in [-0.4, -0.2) is 52.4 Å². The maximum absolute atomic E-state index is 12.5. The SMILES string of the molecule is COc1cc(-n2cnnn2)c(Cl)cc1C(=O)N[C@H]1CCCNC1.Cl. The summed E-state index contributed by atoms with van der Waals surface area (Å²) < 4.78 is 6.75. The van der Waals surface area contributed by atoms with Crippen LogP contribution in [0, 0.1) is 0 Å². The molecule has 10 heteroatoms. The van der Waals surface area contributed by atoms with Crippen LogP contribution in [0.25, 0.3) is 5.69 Å². The Labute approximate surface area is 150 Å². The highest BCUT2D eigenvalue weighted by atomic mass is 35.5. The van der Waals surface area contributed by atoms with Gasteiger partial charge in [-0.05, 0) is 35.9 Å². The number of amides is 1. The molecule has 1 fully saturated rings. The number of hydrogen-bond acceptors (Lipinski definition) is 6. The summed E-state index contributed by atoms with van der Waals surface area (Å²) >= 11 is 6.27. The number of ether oxygens (including phenoxy) is 1. The molecule has 2 aromatic rings. The van der Waals surface area contributed by atoms with E-state index in [-0.39, 0.29) is 24.4 Å².